The third-order valence-electron chi connectivity index (χ3n) is 7.05. The van der Waals surface area contributed by atoms with E-state index in [0.717, 1.165) is 12.8 Å². The van der Waals surface area contributed by atoms with Crippen LogP contribution in [0.4, 0.5) is 0 Å². The van der Waals surface area contributed by atoms with Crippen LogP contribution in [0, 0.1) is 27.6 Å². The van der Waals surface area contributed by atoms with Crippen LogP contribution >= 0.6 is 0 Å². The largest absolute Gasteiger partial charge is 0.396 e. The van der Waals surface area contributed by atoms with Gasteiger partial charge in [0, 0.05) is 6.61 Å². The van der Waals surface area contributed by atoms with Gasteiger partial charge in [-0.2, -0.15) is 0 Å². The molecule has 22 heavy (non-hydrogen) atoms. The molecule has 0 radical (unpaired) electrons. The van der Waals surface area contributed by atoms with E-state index in [2.05, 4.69) is 66.7 Å². The van der Waals surface area contributed by atoms with Crippen LogP contribution in [0.25, 0.3) is 0 Å². The Hall–Kier alpha value is -0.560. The van der Waals surface area contributed by atoms with Crippen LogP contribution in [0.3, 0.4) is 0 Å². The number of hydrogen-bond acceptors (Lipinski definition) is 1. The zero-order valence-corrected chi connectivity index (χ0v) is 15.8. The normalized spacial score (nSPS) is 38.2. The van der Waals surface area contributed by atoms with Gasteiger partial charge in [-0.15, -0.1) is 0 Å². The van der Waals surface area contributed by atoms with E-state index in [9.17, 15) is 5.11 Å². The van der Waals surface area contributed by atoms with E-state index in [0.29, 0.717) is 17.9 Å². The molecule has 0 aromatic heterocycles. The summed E-state index contributed by atoms with van der Waals surface area (Å²) >= 11 is 0. The van der Waals surface area contributed by atoms with Gasteiger partial charge in [-0.3, -0.25) is 0 Å². The smallest absolute Gasteiger partial charge is 0.0467 e. The molecule has 3 atom stereocenters. The zero-order valence-electron chi connectivity index (χ0n) is 15.8. The molecule has 2 aliphatic carbocycles. The molecular weight excluding hydrogens is 268 g/mol. The van der Waals surface area contributed by atoms with Crippen LogP contribution in [-0.4, -0.2) is 11.7 Å². The minimum Gasteiger partial charge on any atom is -0.396 e. The first-order valence-electron chi connectivity index (χ1n) is 8.96. The summed E-state index contributed by atoms with van der Waals surface area (Å²) in [5.41, 5.74) is 2.46. The molecule has 2 aliphatic rings. The van der Waals surface area contributed by atoms with Crippen LogP contribution in [0.5, 0.6) is 0 Å². The van der Waals surface area contributed by atoms with Crippen molar-refractivity contribution in [3.05, 3.63) is 23.8 Å². The topological polar surface area (TPSA) is 20.2 Å². The predicted molar refractivity (Wildman–Crippen MR) is 95.7 cm³/mol. The highest BCUT2D eigenvalue weighted by atomic mass is 16.3. The van der Waals surface area contributed by atoms with Crippen molar-refractivity contribution >= 4 is 0 Å². The molecule has 0 aliphatic heterocycles. The van der Waals surface area contributed by atoms with E-state index in [4.69, 9.17) is 0 Å². The molecule has 0 heterocycles. The number of allylic oxidation sites excluding steroid dienone is 4. The summed E-state index contributed by atoms with van der Waals surface area (Å²) in [6.45, 7) is 16.8. The summed E-state index contributed by atoms with van der Waals surface area (Å²) in [5, 5.41) is 10.0. The second-order valence-corrected chi connectivity index (χ2v) is 9.75. The maximum atomic E-state index is 10.0. The molecule has 2 rings (SSSR count). The number of fused-ring (bicyclic) bond motifs is 1. The van der Waals surface area contributed by atoms with Crippen LogP contribution in [0.2, 0.25) is 0 Å². The first-order valence-corrected chi connectivity index (χ1v) is 8.96. The summed E-state index contributed by atoms with van der Waals surface area (Å²) in [7, 11) is 0. The minimum atomic E-state index is 0.138. The molecule has 0 unspecified atom stereocenters. The average molecular weight is 305 g/mol. The summed E-state index contributed by atoms with van der Waals surface area (Å²) in [5.74, 6) is 0.380. The van der Waals surface area contributed by atoms with Crippen molar-refractivity contribution in [1.29, 1.82) is 0 Å². The summed E-state index contributed by atoms with van der Waals surface area (Å²) in [4.78, 5) is 0. The Kier molecular flexibility index (Phi) is 4.46. The Morgan fingerprint density at radius 1 is 1.23 bits per heavy atom. The van der Waals surface area contributed by atoms with Gasteiger partial charge in [-0.05, 0) is 53.3 Å². The van der Waals surface area contributed by atoms with Gasteiger partial charge >= 0.3 is 0 Å². The van der Waals surface area contributed by atoms with Gasteiger partial charge < -0.3 is 5.11 Å². The highest BCUT2D eigenvalue weighted by molar-refractivity contribution is 5.32. The molecule has 0 amide bonds. The predicted octanol–water partition coefficient (Wildman–Crippen LogP) is 5.75. The quantitative estimate of drug-likeness (QED) is 0.658. The van der Waals surface area contributed by atoms with E-state index in [-0.39, 0.29) is 16.2 Å². The van der Waals surface area contributed by atoms with Crippen LogP contribution in [0.1, 0.15) is 74.1 Å². The SMILES string of the molecule is CC(C)(C)/C=C/C[C@]1(C)[C@@H](CO)CC2=CCCC(C)(C)[C@@]21C. The summed E-state index contributed by atoms with van der Waals surface area (Å²) < 4.78 is 0. The van der Waals surface area contributed by atoms with Gasteiger partial charge in [0.15, 0.2) is 0 Å². The molecule has 0 aromatic rings. The first-order chi connectivity index (χ1) is 9.98. The van der Waals surface area contributed by atoms with Crippen LogP contribution in [-0.2, 0) is 0 Å². The van der Waals surface area contributed by atoms with Gasteiger partial charge in [-0.25, -0.2) is 0 Å². The fourth-order valence-electron chi connectivity index (χ4n) is 5.12. The van der Waals surface area contributed by atoms with Crippen molar-refractivity contribution < 1.29 is 5.11 Å². The number of aliphatic hydroxyl groups is 1. The van der Waals surface area contributed by atoms with Crippen LogP contribution in [0.15, 0.2) is 23.8 Å². The lowest BCUT2D eigenvalue weighted by molar-refractivity contribution is -0.0377. The lowest BCUT2D eigenvalue weighted by Gasteiger charge is -2.55. The van der Waals surface area contributed by atoms with Gasteiger partial charge in [0.05, 0.1) is 0 Å². The molecule has 1 heteroatoms. The van der Waals surface area contributed by atoms with Crippen molar-refractivity contribution in [3.63, 3.8) is 0 Å². The molecule has 1 N–H and O–H groups in total. The van der Waals surface area contributed by atoms with Crippen molar-refractivity contribution in [2.75, 3.05) is 6.61 Å². The maximum Gasteiger partial charge on any atom is 0.0467 e. The van der Waals surface area contributed by atoms with E-state index in [1.54, 1.807) is 5.57 Å². The van der Waals surface area contributed by atoms with Crippen molar-refractivity contribution in [2.45, 2.75) is 74.1 Å². The summed E-state index contributed by atoms with van der Waals surface area (Å²) in [6, 6.07) is 0. The van der Waals surface area contributed by atoms with Gasteiger partial charge in [-0.1, -0.05) is 72.3 Å². The molecule has 0 spiro atoms. The molecule has 0 saturated heterocycles. The lowest BCUT2D eigenvalue weighted by Crippen LogP contribution is -2.49. The Morgan fingerprint density at radius 2 is 1.86 bits per heavy atom. The van der Waals surface area contributed by atoms with E-state index < -0.39 is 0 Å². The Labute approximate surface area is 137 Å². The number of hydrogen-bond donors (Lipinski definition) is 1. The maximum absolute atomic E-state index is 10.0. The third kappa shape index (κ3) is 2.60. The second kappa shape index (κ2) is 5.51. The molecule has 1 nitrogen and oxygen atoms in total. The monoisotopic (exact) mass is 304 g/mol. The van der Waals surface area contributed by atoms with E-state index in [1.807, 2.05) is 0 Å². The molecule has 0 aromatic carbocycles. The fourth-order valence-corrected chi connectivity index (χ4v) is 5.12. The van der Waals surface area contributed by atoms with Crippen molar-refractivity contribution in [1.82, 2.24) is 0 Å². The van der Waals surface area contributed by atoms with Crippen LogP contribution < -0.4 is 0 Å². The highest BCUT2D eigenvalue weighted by Crippen LogP contribution is 2.70. The van der Waals surface area contributed by atoms with Gasteiger partial charge in [0.2, 0.25) is 0 Å². The van der Waals surface area contributed by atoms with Crippen molar-refractivity contribution in [3.8, 4) is 0 Å². The van der Waals surface area contributed by atoms with Gasteiger partial charge in [0.1, 0.15) is 0 Å². The standard InChI is InChI=1S/C21H36O/c1-18(2,3)11-9-13-20(6)17(15-22)14-16-10-8-12-19(4,5)21(16,20)7/h9-11,17,22H,8,12-15H2,1-7H3/b11-9+/t17-,20-,21-/m1/s1. The molecule has 0 bridgehead atoms. The molecule has 1 saturated carbocycles. The minimum absolute atomic E-state index is 0.138. The second-order valence-electron chi connectivity index (χ2n) is 9.75. The number of rotatable bonds is 3. The Balaban J connectivity index is 2.43. The van der Waals surface area contributed by atoms with E-state index >= 15 is 0 Å². The first kappa shape index (κ1) is 17.8. The third-order valence-corrected chi connectivity index (χ3v) is 7.05. The fraction of sp³-hybridized carbons (Fsp3) is 0.810. The number of aliphatic hydroxyl groups excluding tert-OH is 1. The molecular formula is C21H36O. The zero-order chi connectivity index (χ0) is 16.8. The van der Waals surface area contributed by atoms with E-state index in [1.165, 1.54) is 12.8 Å². The Bertz CT molecular complexity index is 477. The average Bonchev–Trinajstić information content (AvgIpc) is 2.59. The molecule has 1 fully saturated rings. The molecule has 126 valence electrons. The summed E-state index contributed by atoms with van der Waals surface area (Å²) in [6.07, 6.45) is 11.8. The van der Waals surface area contributed by atoms with Crippen molar-refractivity contribution in [2.24, 2.45) is 27.6 Å². The highest BCUT2D eigenvalue weighted by Gasteiger charge is 2.62. The lowest BCUT2D eigenvalue weighted by atomic mass is 9.48. The Morgan fingerprint density at radius 3 is 2.41 bits per heavy atom. The van der Waals surface area contributed by atoms with Gasteiger partial charge in [0.25, 0.3) is 0 Å².